The summed E-state index contributed by atoms with van der Waals surface area (Å²) in [6.07, 6.45) is 4.23. The molecule has 1 heterocycles. The molecule has 1 aliphatic heterocycles. The predicted molar refractivity (Wildman–Crippen MR) is 95.8 cm³/mol. The third-order valence-corrected chi connectivity index (χ3v) is 6.86. The first-order valence-corrected chi connectivity index (χ1v) is 10.3. The molecule has 0 spiro atoms. The summed E-state index contributed by atoms with van der Waals surface area (Å²) in [5, 5.41) is 15.2. The van der Waals surface area contributed by atoms with E-state index in [1.54, 1.807) is 18.2 Å². The molecule has 0 unspecified atom stereocenters. The molecule has 138 valence electrons. The Bertz CT molecular complexity index is 729. The average Bonchev–Trinajstić information content (AvgIpc) is 3.20. The van der Waals surface area contributed by atoms with Gasteiger partial charge in [-0.05, 0) is 37.0 Å². The quantitative estimate of drug-likeness (QED) is 0.731. The third kappa shape index (κ3) is 4.07. The van der Waals surface area contributed by atoms with Crippen LogP contribution in [0.25, 0.3) is 0 Å². The molecular weight excluding hydrogens is 342 g/mol. The number of benzene rings is 1. The summed E-state index contributed by atoms with van der Waals surface area (Å²) in [4.78, 5) is 12.1. The fourth-order valence-electron chi connectivity index (χ4n) is 3.59. The minimum Gasteiger partial charge on any atom is -0.394 e. The lowest BCUT2D eigenvalue weighted by Crippen LogP contribution is -2.52. The van der Waals surface area contributed by atoms with Crippen LogP contribution in [-0.2, 0) is 16.6 Å². The Kier molecular flexibility index (Phi) is 5.19. The van der Waals surface area contributed by atoms with Crippen LogP contribution in [0, 0.1) is 0 Å². The molecule has 0 atom stereocenters. The van der Waals surface area contributed by atoms with Crippen LogP contribution in [-0.4, -0.2) is 44.0 Å². The van der Waals surface area contributed by atoms with Crippen LogP contribution < -0.4 is 14.9 Å². The van der Waals surface area contributed by atoms with Gasteiger partial charge in [0.1, 0.15) is 0 Å². The summed E-state index contributed by atoms with van der Waals surface area (Å²) < 4.78 is 25.5. The number of hydrogen-bond acceptors (Lipinski definition) is 4. The van der Waals surface area contributed by atoms with E-state index < -0.39 is 15.6 Å². The van der Waals surface area contributed by atoms with Crippen LogP contribution in [0.5, 0.6) is 0 Å². The van der Waals surface area contributed by atoms with E-state index in [-0.39, 0.29) is 18.4 Å². The number of carbonyl (C=O) groups excluding carboxylic acids is 1. The first kappa shape index (κ1) is 18.0. The van der Waals surface area contributed by atoms with Crippen molar-refractivity contribution in [3.63, 3.8) is 0 Å². The molecule has 3 N–H and O–H groups in total. The molecule has 0 bridgehead atoms. The number of amides is 2. The van der Waals surface area contributed by atoms with E-state index in [0.717, 1.165) is 31.2 Å². The van der Waals surface area contributed by atoms with Crippen molar-refractivity contribution in [2.24, 2.45) is 0 Å². The molecular formula is C17H25N3O4S. The molecule has 1 saturated carbocycles. The van der Waals surface area contributed by atoms with Crippen LogP contribution in [0.1, 0.15) is 37.7 Å². The summed E-state index contributed by atoms with van der Waals surface area (Å²) in [6.45, 7) is 0.747. The van der Waals surface area contributed by atoms with E-state index in [1.165, 1.54) is 4.31 Å². The second-order valence-electron chi connectivity index (χ2n) is 6.86. The number of aliphatic hydroxyl groups excluding tert-OH is 1. The van der Waals surface area contributed by atoms with Crippen LogP contribution in [0.15, 0.2) is 24.3 Å². The zero-order chi connectivity index (χ0) is 17.9. The maximum absolute atomic E-state index is 12.1. The summed E-state index contributed by atoms with van der Waals surface area (Å²) in [6, 6.07) is 6.90. The highest BCUT2D eigenvalue weighted by Gasteiger charge is 2.34. The number of nitrogens with zero attached hydrogens (tertiary/aromatic N) is 1. The van der Waals surface area contributed by atoms with Gasteiger partial charge in [0, 0.05) is 13.1 Å². The number of hydrogen-bond donors (Lipinski definition) is 3. The molecule has 8 heteroatoms. The summed E-state index contributed by atoms with van der Waals surface area (Å²) in [5.74, 6) is 0.182. The third-order valence-electron chi connectivity index (χ3n) is 4.99. The molecule has 1 aliphatic carbocycles. The van der Waals surface area contributed by atoms with Crippen molar-refractivity contribution in [2.45, 2.75) is 44.2 Å². The van der Waals surface area contributed by atoms with E-state index in [1.807, 2.05) is 6.07 Å². The number of urea groups is 1. The number of carbonyl (C=O) groups is 1. The zero-order valence-corrected chi connectivity index (χ0v) is 15.0. The number of anilines is 1. The van der Waals surface area contributed by atoms with Gasteiger partial charge in [-0.15, -0.1) is 0 Å². The van der Waals surface area contributed by atoms with E-state index in [9.17, 15) is 18.3 Å². The van der Waals surface area contributed by atoms with Gasteiger partial charge < -0.3 is 15.7 Å². The standard InChI is InChI=1S/C17H25N3O4S/c21-13-17(7-1-2-8-17)19-16(22)18-12-14-5-3-6-15(11-14)20-9-4-10-25(20,23)24/h3,5-6,11,21H,1-2,4,7-10,12-13H2,(H2,18,19,22). The predicted octanol–water partition coefficient (Wildman–Crippen LogP) is 1.33. The lowest BCUT2D eigenvalue weighted by molar-refractivity contribution is 0.163. The van der Waals surface area contributed by atoms with Gasteiger partial charge in [0.2, 0.25) is 10.0 Å². The van der Waals surface area contributed by atoms with Gasteiger partial charge in [0.05, 0.1) is 23.6 Å². The molecule has 2 fully saturated rings. The van der Waals surface area contributed by atoms with Crippen LogP contribution in [0.3, 0.4) is 0 Å². The summed E-state index contributed by atoms with van der Waals surface area (Å²) >= 11 is 0. The van der Waals surface area contributed by atoms with Crippen LogP contribution in [0.2, 0.25) is 0 Å². The minimum absolute atomic E-state index is 0.0529. The highest BCUT2D eigenvalue weighted by molar-refractivity contribution is 7.93. The first-order valence-electron chi connectivity index (χ1n) is 8.70. The smallest absolute Gasteiger partial charge is 0.315 e. The highest BCUT2D eigenvalue weighted by atomic mass is 32.2. The molecule has 1 saturated heterocycles. The highest BCUT2D eigenvalue weighted by Crippen LogP contribution is 2.29. The Morgan fingerprint density at radius 3 is 2.64 bits per heavy atom. The van der Waals surface area contributed by atoms with Gasteiger partial charge >= 0.3 is 6.03 Å². The normalized spacial score (nSPS) is 21.2. The molecule has 2 aliphatic rings. The van der Waals surface area contributed by atoms with Crippen molar-refractivity contribution in [1.82, 2.24) is 10.6 Å². The van der Waals surface area contributed by atoms with Crippen molar-refractivity contribution in [3.8, 4) is 0 Å². The second-order valence-corrected chi connectivity index (χ2v) is 8.88. The number of sulfonamides is 1. The van der Waals surface area contributed by atoms with Gasteiger partial charge in [0.25, 0.3) is 0 Å². The number of nitrogens with one attached hydrogen (secondary N) is 2. The van der Waals surface area contributed by atoms with Gasteiger partial charge in [0.15, 0.2) is 0 Å². The van der Waals surface area contributed by atoms with Crippen molar-refractivity contribution < 1.29 is 18.3 Å². The Morgan fingerprint density at radius 1 is 1.24 bits per heavy atom. The Hall–Kier alpha value is -1.80. The van der Waals surface area contributed by atoms with E-state index >= 15 is 0 Å². The zero-order valence-electron chi connectivity index (χ0n) is 14.2. The molecule has 3 rings (SSSR count). The SMILES string of the molecule is O=C(NCc1cccc(N2CCCS2(=O)=O)c1)NC1(CO)CCCC1. The molecule has 25 heavy (non-hydrogen) atoms. The monoisotopic (exact) mass is 367 g/mol. The Morgan fingerprint density at radius 2 is 2.00 bits per heavy atom. The fourth-order valence-corrected chi connectivity index (χ4v) is 5.15. The number of rotatable bonds is 5. The second kappa shape index (κ2) is 7.21. The van der Waals surface area contributed by atoms with Crippen molar-refractivity contribution in [3.05, 3.63) is 29.8 Å². The van der Waals surface area contributed by atoms with Crippen molar-refractivity contribution in [2.75, 3.05) is 23.2 Å². The van der Waals surface area contributed by atoms with Crippen molar-refractivity contribution >= 4 is 21.7 Å². The largest absolute Gasteiger partial charge is 0.394 e. The van der Waals surface area contributed by atoms with E-state index in [4.69, 9.17) is 0 Å². The van der Waals surface area contributed by atoms with Gasteiger partial charge in [-0.3, -0.25) is 4.31 Å². The summed E-state index contributed by atoms with van der Waals surface area (Å²) in [7, 11) is -3.21. The average molecular weight is 367 g/mol. The van der Waals surface area contributed by atoms with Crippen molar-refractivity contribution in [1.29, 1.82) is 0 Å². The maximum Gasteiger partial charge on any atom is 0.315 e. The first-order chi connectivity index (χ1) is 11.9. The van der Waals surface area contributed by atoms with E-state index in [0.29, 0.717) is 25.2 Å². The molecule has 1 aromatic rings. The minimum atomic E-state index is -3.21. The van der Waals surface area contributed by atoms with Gasteiger partial charge in [-0.2, -0.15) is 0 Å². The lowest BCUT2D eigenvalue weighted by atomic mass is 9.99. The topological polar surface area (TPSA) is 98.7 Å². The Labute approximate surface area is 148 Å². The molecule has 0 radical (unpaired) electrons. The maximum atomic E-state index is 12.1. The molecule has 1 aromatic carbocycles. The fraction of sp³-hybridized carbons (Fsp3) is 0.588. The van der Waals surface area contributed by atoms with Gasteiger partial charge in [-0.1, -0.05) is 25.0 Å². The van der Waals surface area contributed by atoms with Gasteiger partial charge in [-0.25, -0.2) is 13.2 Å². The Balaban J connectivity index is 1.60. The number of aliphatic hydroxyl groups is 1. The lowest BCUT2D eigenvalue weighted by Gasteiger charge is -2.28. The molecule has 7 nitrogen and oxygen atoms in total. The molecule has 0 aromatic heterocycles. The summed E-state index contributed by atoms with van der Waals surface area (Å²) in [5.41, 5.74) is 0.967. The molecule has 2 amide bonds. The van der Waals surface area contributed by atoms with Crippen LogP contribution >= 0.6 is 0 Å². The van der Waals surface area contributed by atoms with E-state index in [2.05, 4.69) is 10.6 Å². The van der Waals surface area contributed by atoms with Crippen LogP contribution in [0.4, 0.5) is 10.5 Å².